The number of furan rings is 1. The highest BCUT2D eigenvalue weighted by atomic mass is 16.5. The minimum atomic E-state index is -0.481. The molecule has 42 heavy (non-hydrogen) atoms. The number of carbonyl (C=O) groups is 1. The van der Waals surface area contributed by atoms with Gasteiger partial charge in [-0.15, -0.1) is 0 Å². The van der Waals surface area contributed by atoms with E-state index in [-0.39, 0.29) is 34.8 Å². The SMILES string of the molecule is COc1nc(NCc2ccc(N)cc2)nc(OC)c1NC(=O)c1ccc(Cc2cc3c(cc2C)C(C)(C)OC3(C)C)o1. The molecule has 2 aromatic carbocycles. The molecule has 0 bridgehead atoms. The van der Waals surface area contributed by atoms with Crippen LogP contribution >= 0.6 is 0 Å². The Bertz CT molecular complexity index is 1600. The number of aryl methyl sites for hydroxylation is 1. The van der Waals surface area contributed by atoms with Crippen molar-refractivity contribution in [1.82, 2.24) is 9.97 Å². The van der Waals surface area contributed by atoms with Crippen molar-refractivity contribution in [2.45, 2.75) is 58.8 Å². The number of hydrogen-bond donors (Lipinski definition) is 3. The molecule has 0 unspecified atom stereocenters. The maximum Gasteiger partial charge on any atom is 0.291 e. The van der Waals surface area contributed by atoms with Gasteiger partial charge in [-0.25, -0.2) is 0 Å². The fraction of sp³-hybridized carbons (Fsp3) is 0.344. The van der Waals surface area contributed by atoms with E-state index in [9.17, 15) is 4.79 Å². The number of nitrogens with one attached hydrogen (secondary N) is 2. The van der Waals surface area contributed by atoms with Crippen LogP contribution in [0.2, 0.25) is 0 Å². The molecule has 0 atom stereocenters. The minimum absolute atomic E-state index is 0.142. The lowest BCUT2D eigenvalue weighted by Gasteiger charge is -2.24. The van der Waals surface area contributed by atoms with Gasteiger partial charge in [0.05, 0.1) is 25.4 Å². The third-order valence-corrected chi connectivity index (χ3v) is 7.43. The Balaban J connectivity index is 1.32. The normalized spacial score (nSPS) is 14.7. The van der Waals surface area contributed by atoms with Crippen molar-refractivity contribution < 1.29 is 23.4 Å². The Hall–Kier alpha value is -4.57. The van der Waals surface area contributed by atoms with E-state index < -0.39 is 11.5 Å². The zero-order valence-electron chi connectivity index (χ0n) is 25.0. The first-order valence-electron chi connectivity index (χ1n) is 13.7. The van der Waals surface area contributed by atoms with E-state index in [1.165, 1.54) is 25.3 Å². The van der Waals surface area contributed by atoms with Crippen LogP contribution in [0.4, 0.5) is 17.3 Å². The number of amides is 1. The molecule has 4 N–H and O–H groups in total. The van der Waals surface area contributed by atoms with Gasteiger partial charge in [0, 0.05) is 18.7 Å². The van der Waals surface area contributed by atoms with E-state index in [4.69, 9.17) is 24.4 Å². The summed E-state index contributed by atoms with van der Waals surface area (Å²) in [7, 11) is 2.91. The molecular formula is C32H37N5O5. The molecule has 5 rings (SSSR count). The zero-order chi connectivity index (χ0) is 30.2. The summed E-state index contributed by atoms with van der Waals surface area (Å²) in [6.07, 6.45) is 0.535. The number of anilines is 3. The van der Waals surface area contributed by atoms with Crippen LogP contribution in [0.3, 0.4) is 0 Å². The minimum Gasteiger partial charge on any atom is -0.479 e. The first-order valence-corrected chi connectivity index (χ1v) is 13.7. The predicted molar refractivity (Wildman–Crippen MR) is 161 cm³/mol. The van der Waals surface area contributed by atoms with E-state index in [2.05, 4.69) is 67.4 Å². The highest BCUT2D eigenvalue weighted by Gasteiger charge is 2.43. The number of benzene rings is 2. The second kappa shape index (κ2) is 11.0. The summed E-state index contributed by atoms with van der Waals surface area (Å²) in [4.78, 5) is 22.0. The molecular weight excluding hydrogens is 534 g/mol. The number of hydrogen-bond acceptors (Lipinski definition) is 9. The number of methoxy groups -OCH3 is 2. The molecule has 4 aromatic rings. The van der Waals surface area contributed by atoms with Crippen LogP contribution in [-0.4, -0.2) is 30.1 Å². The Morgan fingerprint density at radius 2 is 1.55 bits per heavy atom. The highest BCUT2D eigenvalue weighted by Crippen LogP contribution is 2.47. The van der Waals surface area contributed by atoms with E-state index in [0.717, 1.165) is 16.7 Å². The van der Waals surface area contributed by atoms with Crippen molar-refractivity contribution in [3.8, 4) is 11.8 Å². The van der Waals surface area contributed by atoms with Gasteiger partial charge in [0.15, 0.2) is 11.4 Å². The lowest BCUT2D eigenvalue weighted by molar-refractivity contribution is -0.105. The quantitative estimate of drug-likeness (QED) is 0.209. The Labute approximate surface area is 245 Å². The lowest BCUT2D eigenvalue weighted by Crippen LogP contribution is -2.22. The Kier molecular flexibility index (Phi) is 7.59. The predicted octanol–water partition coefficient (Wildman–Crippen LogP) is 5.93. The molecule has 220 valence electrons. The number of aromatic nitrogens is 2. The molecule has 1 aliphatic heterocycles. The smallest absolute Gasteiger partial charge is 0.291 e. The number of nitrogen functional groups attached to an aromatic ring is 1. The molecule has 1 amide bonds. The van der Waals surface area contributed by atoms with E-state index in [0.29, 0.717) is 24.4 Å². The van der Waals surface area contributed by atoms with Gasteiger partial charge in [0.25, 0.3) is 5.91 Å². The third-order valence-electron chi connectivity index (χ3n) is 7.43. The Morgan fingerprint density at radius 3 is 2.17 bits per heavy atom. The summed E-state index contributed by atoms with van der Waals surface area (Å²) in [5.74, 6) is 0.887. The first kappa shape index (κ1) is 28.9. The van der Waals surface area contributed by atoms with Gasteiger partial charge in [-0.05, 0) is 86.7 Å². The van der Waals surface area contributed by atoms with Gasteiger partial charge in [-0.3, -0.25) is 4.79 Å². The monoisotopic (exact) mass is 571 g/mol. The van der Waals surface area contributed by atoms with Gasteiger partial charge in [0.1, 0.15) is 5.76 Å². The number of rotatable bonds is 9. The van der Waals surface area contributed by atoms with Crippen molar-refractivity contribution in [1.29, 1.82) is 0 Å². The molecule has 10 heteroatoms. The van der Waals surface area contributed by atoms with Gasteiger partial charge in [0.2, 0.25) is 17.7 Å². The molecule has 0 spiro atoms. The van der Waals surface area contributed by atoms with Gasteiger partial charge < -0.3 is 35.0 Å². The van der Waals surface area contributed by atoms with Crippen LogP contribution in [0.1, 0.15) is 71.8 Å². The molecule has 1 aliphatic rings. The fourth-order valence-corrected chi connectivity index (χ4v) is 5.36. The summed E-state index contributed by atoms with van der Waals surface area (Å²) >= 11 is 0. The van der Waals surface area contributed by atoms with Gasteiger partial charge >= 0.3 is 0 Å². The summed E-state index contributed by atoms with van der Waals surface area (Å²) in [6.45, 7) is 10.9. The number of carbonyl (C=O) groups excluding carboxylic acids is 1. The lowest BCUT2D eigenvalue weighted by atomic mass is 9.86. The number of ether oxygens (including phenoxy) is 3. The highest BCUT2D eigenvalue weighted by molar-refractivity contribution is 6.03. The molecule has 0 aliphatic carbocycles. The molecule has 0 saturated carbocycles. The van der Waals surface area contributed by atoms with E-state index in [1.54, 1.807) is 6.07 Å². The van der Waals surface area contributed by atoms with Crippen LogP contribution in [0.25, 0.3) is 0 Å². The van der Waals surface area contributed by atoms with E-state index in [1.807, 2.05) is 30.3 Å². The first-order chi connectivity index (χ1) is 19.9. The van der Waals surface area contributed by atoms with Crippen molar-refractivity contribution in [3.05, 3.63) is 87.9 Å². The second-order valence-corrected chi connectivity index (χ2v) is 11.4. The molecule has 10 nitrogen and oxygen atoms in total. The van der Waals surface area contributed by atoms with Crippen LogP contribution < -0.4 is 25.8 Å². The average molecular weight is 572 g/mol. The summed E-state index contributed by atoms with van der Waals surface area (Å²) < 4.78 is 23.2. The summed E-state index contributed by atoms with van der Waals surface area (Å²) in [5.41, 5.74) is 11.5. The topological polar surface area (TPSA) is 134 Å². The van der Waals surface area contributed by atoms with Crippen molar-refractivity contribution in [3.63, 3.8) is 0 Å². The van der Waals surface area contributed by atoms with Gasteiger partial charge in [-0.2, -0.15) is 9.97 Å². The van der Waals surface area contributed by atoms with Crippen molar-refractivity contribution >= 4 is 23.2 Å². The van der Waals surface area contributed by atoms with Crippen molar-refractivity contribution in [2.75, 3.05) is 30.6 Å². The van der Waals surface area contributed by atoms with Gasteiger partial charge in [-0.1, -0.05) is 24.3 Å². The summed E-state index contributed by atoms with van der Waals surface area (Å²) in [6, 6.07) is 15.3. The zero-order valence-corrected chi connectivity index (χ0v) is 25.0. The van der Waals surface area contributed by atoms with E-state index >= 15 is 0 Å². The molecule has 3 heterocycles. The van der Waals surface area contributed by atoms with Crippen molar-refractivity contribution in [2.24, 2.45) is 0 Å². The maximum atomic E-state index is 13.2. The standard InChI is InChI=1S/C32H37N5O5/c1-18-14-23-24(32(4,5)42-31(23,2)3)16-20(18)15-22-12-13-25(41-22)27(38)35-26-28(39-6)36-30(37-29(26)40-7)34-17-19-8-10-21(33)11-9-19/h8-14,16H,15,17,33H2,1-7H3,(H,35,38)(H,34,36,37). The van der Waals surface area contributed by atoms with Crippen LogP contribution in [0.15, 0.2) is 52.9 Å². The summed E-state index contributed by atoms with van der Waals surface area (Å²) in [5, 5.41) is 5.92. The fourth-order valence-electron chi connectivity index (χ4n) is 5.36. The molecule has 0 fully saturated rings. The van der Waals surface area contributed by atoms with Crippen LogP contribution in [0, 0.1) is 6.92 Å². The molecule has 2 aromatic heterocycles. The molecule has 0 radical (unpaired) electrons. The number of fused-ring (bicyclic) bond motifs is 1. The molecule has 0 saturated heterocycles. The third kappa shape index (κ3) is 5.75. The number of nitrogens with two attached hydrogens (primary N) is 1. The number of nitrogens with zero attached hydrogens (tertiary/aromatic N) is 2. The van der Waals surface area contributed by atoms with Crippen LogP contribution in [-0.2, 0) is 28.9 Å². The Morgan fingerprint density at radius 1 is 0.929 bits per heavy atom. The maximum absolute atomic E-state index is 13.2. The largest absolute Gasteiger partial charge is 0.479 e. The van der Waals surface area contributed by atoms with Crippen LogP contribution in [0.5, 0.6) is 11.8 Å². The second-order valence-electron chi connectivity index (χ2n) is 11.4. The average Bonchev–Trinajstić information content (AvgIpc) is 3.48.